The minimum absolute atomic E-state index is 0.100. The third kappa shape index (κ3) is 3.40. The second-order valence-electron chi connectivity index (χ2n) is 7.16. The first-order chi connectivity index (χ1) is 12.2. The van der Waals surface area contributed by atoms with Gasteiger partial charge < -0.3 is 20.1 Å². The van der Waals surface area contributed by atoms with E-state index in [1.165, 1.54) is 0 Å². The van der Waals surface area contributed by atoms with Gasteiger partial charge >= 0.3 is 0 Å². The summed E-state index contributed by atoms with van der Waals surface area (Å²) in [4.78, 5) is 11.0. The van der Waals surface area contributed by atoms with Crippen LogP contribution < -0.4 is 10.6 Å². The monoisotopic (exact) mass is 342 g/mol. The lowest BCUT2D eigenvalue weighted by atomic mass is 10.1. The third-order valence-corrected chi connectivity index (χ3v) is 5.24. The van der Waals surface area contributed by atoms with Crippen LogP contribution in [0.4, 0.5) is 0 Å². The van der Waals surface area contributed by atoms with Crippen molar-refractivity contribution in [1.82, 2.24) is 20.5 Å². The van der Waals surface area contributed by atoms with Gasteiger partial charge in [0.15, 0.2) is 6.29 Å². The molecule has 0 amide bonds. The molecule has 2 N–H and O–H groups in total. The Morgan fingerprint density at radius 2 is 2.24 bits per heavy atom. The average Bonchev–Trinajstić information content (AvgIpc) is 3.00. The van der Waals surface area contributed by atoms with Gasteiger partial charge in [-0.15, -0.1) is 0 Å². The minimum atomic E-state index is -0.233. The summed E-state index contributed by atoms with van der Waals surface area (Å²) in [5, 5.41) is 20.5. The van der Waals surface area contributed by atoms with Gasteiger partial charge in [-0.3, -0.25) is 15.3 Å². The van der Waals surface area contributed by atoms with Crippen molar-refractivity contribution < 1.29 is 4.65 Å². The number of hydrogen-bond donors (Lipinski definition) is 2. The van der Waals surface area contributed by atoms with Crippen molar-refractivity contribution >= 4 is 6.21 Å². The first-order valence-corrected chi connectivity index (χ1v) is 9.16. The van der Waals surface area contributed by atoms with Gasteiger partial charge in [0.2, 0.25) is 0 Å². The number of aliphatic imine (C=N–C) groups is 1. The van der Waals surface area contributed by atoms with Gasteiger partial charge in [-0.05, 0) is 31.5 Å². The number of pyridine rings is 1. The molecule has 1 aromatic rings. The maximum Gasteiger partial charge on any atom is 0.174 e. The summed E-state index contributed by atoms with van der Waals surface area (Å²) in [7, 11) is 0. The third-order valence-electron chi connectivity index (χ3n) is 5.24. The van der Waals surface area contributed by atoms with E-state index >= 15 is 0 Å². The number of quaternary nitrogens is 1. The van der Waals surface area contributed by atoms with Crippen LogP contribution in [-0.2, 0) is 6.54 Å². The Hall–Kier alpha value is -1.96. The van der Waals surface area contributed by atoms with E-state index in [1.807, 2.05) is 18.3 Å². The number of nitrogens with zero attached hydrogens (tertiary/aromatic N) is 4. The fourth-order valence-corrected chi connectivity index (χ4v) is 4.19. The number of aromatic nitrogens is 1. The first-order valence-electron chi connectivity index (χ1n) is 9.16. The molecule has 0 spiro atoms. The summed E-state index contributed by atoms with van der Waals surface area (Å²) in [5.41, 5.74) is 2.08. The van der Waals surface area contributed by atoms with Crippen molar-refractivity contribution in [3.8, 4) is 0 Å². The molecule has 0 saturated carbocycles. The number of hydroxylamine groups is 3. The van der Waals surface area contributed by atoms with Crippen molar-refractivity contribution in [3.63, 3.8) is 0 Å². The predicted molar refractivity (Wildman–Crippen MR) is 97.1 cm³/mol. The van der Waals surface area contributed by atoms with Crippen LogP contribution in [0.2, 0.25) is 0 Å². The molecule has 4 heterocycles. The summed E-state index contributed by atoms with van der Waals surface area (Å²) < 4.78 is -0.233. The standard InChI is InChI=1S/C18H26N6O/c1-2-20-18-21-10-15-12-24(25,11-14-5-7-19-8-6-14)13-16-4-3-9-23(16)17(15)22-18/h5-8,10,16,18,20,22H,2-4,9,11-13H2,1H3/t16?,18-,24?/m0/s1. The SMILES string of the molecule is CCN[C@H]1N=CC2=C(N1)N1CCCC1C[N+]([O-])(Cc1ccncc1)C2. The van der Waals surface area contributed by atoms with Crippen molar-refractivity contribution in [2.75, 3.05) is 26.2 Å². The molecule has 2 unspecified atom stereocenters. The van der Waals surface area contributed by atoms with Crippen molar-refractivity contribution in [2.45, 2.75) is 38.6 Å². The zero-order valence-corrected chi connectivity index (χ0v) is 14.7. The Labute approximate surface area is 148 Å². The topological polar surface area (TPSA) is 75.6 Å². The zero-order chi connectivity index (χ0) is 17.3. The number of nitrogens with one attached hydrogen (secondary N) is 2. The smallest absolute Gasteiger partial charge is 0.174 e. The Balaban J connectivity index is 1.62. The molecule has 3 atom stereocenters. The normalized spacial score (nSPS) is 31.4. The summed E-state index contributed by atoms with van der Waals surface area (Å²) in [6.07, 6.45) is 7.54. The van der Waals surface area contributed by atoms with Gasteiger partial charge in [0.1, 0.15) is 18.9 Å². The second kappa shape index (κ2) is 6.74. The van der Waals surface area contributed by atoms with Crippen LogP contribution in [0.15, 0.2) is 40.9 Å². The fraction of sp³-hybridized carbons (Fsp3) is 0.556. The largest absolute Gasteiger partial charge is 0.632 e. The Morgan fingerprint density at radius 1 is 1.40 bits per heavy atom. The maximum absolute atomic E-state index is 13.7. The number of fused-ring (bicyclic) bond motifs is 2. The molecule has 1 saturated heterocycles. The second-order valence-corrected chi connectivity index (χ2v) is 7.16. The molecule has 134 valence electrons. The molecule has 0 aromatic carbocycles. The van der Waals surface area contributed by atoms with Crippen LogP contribution in [0, 0.1) is 5.21 Å². The van der Waals surface area contributed by atoms with E-state index in [9.17, 15) is 5.21 Å². The molecule has 0 bridgehead atoms. The highest BCUT2D eigenvalue weighted by Crippen LogP contribution is 2.32. The molecule has 1 aromatic heterocycles. The predicted octanol–water partition coefficient (Wildman–Crippen LogP) is 1.15. The van der Waals surface area contributed by atoms with E-state index in [1.54, 1.807) is 12.4 Å². The van der Waals surface area contributed by atoms with E-state index in [-0.39, 0.29) is 10.9 Å². The van der Waals surface area contributed by atoms with E-state index in [2.05, 4.69) is 32.4 Å². The van der Waals surface area contributed by atoms with Crippen molar-refractivity contribution in [2.24, 2.45) is 4.99 Å². The molecule has 3 aliphatic heterocycles. The molecule has 0 aliphatic carbocycles. The summed E-state index contributed by atoms with van der Waals surface area (Å²) in [6, 6.07) is 4.19. The van der Waals surface area contributed by atoms with E-state index < -0.39 is 0 Å². The quantitative estimate of drug-likeness (QED) is 0.634. The zero-order valence-electron chi connectivity index (χ0n) is 14.7. The first kappa shape index (κ1) is 16.5. The molecule has 7 heteroatoms. The summed E-state index contributed by atoms with van der Waals surface area (Å²) in [6.45, 7) is 5.50. The van der Waals surface area contributed by atoms with Crippen molar-refractivity contribution in [3.05, 3.63) is 46.7 Å². The molecule has 25 heavy (non-hydrogen) atoms. The summed E-state index contributed by atoms with van der Waals surface area (Å²) in [5.74, 6) is 1.11. The molecule has 0 radical (unpaired) electrons. The number of hydrogen-bond acceptors (Lipinski definition) is 6. The Kier molecular flexibility index (Phi) is 4.45. The lowest BCUT2D eigenvalue weighted by Gasteiger charge is -2.43. The maximum atomic E-state index is 13.7. The molecule has 4 rings (SSSR count). The Morgan fingerprint density at radius 3 is 3.04 bits per heavy atom. The van der Waals surface area contributed by atoms with Gasteiger partial charge in [-0.1, -0.05) is 6.92 Å². The van der Waals surface area contributed by atoms with Crippen LogP contribution >= 0.6 is 0 Å². The number of rotatable bonds is 4. The lowest BCUT2D eigenvalue weighted by Crippen LogP contribution is -2.49. The van der Waals surface area contributed by atoms with Gasteiger partial charge in [0, 0.05) is 30.7 Å². The Bertz CT molecular complexity index is 675. The van der Waals surface area contributed by atoms with Crippen molar-refractivity contribution in [1.29, 1.82) is 0 Å². The van der Waals surface area contributed by atoms with Crippen LogP contribution in [0.25, 0.3) is 0 Å². The fourth-order valence-electron chi connectivity index (χ4n) is 4.19. The van der Waals surface area contributed by atoms with Gasteiger partial charge in [0.05, 0.1) is 18.2 Å². The molecular weight excluding hydrogens is 316 g/mol. The van der Waals surface area contributed by atoms with E-state index in [0.29, 0.717) is 25.7 Å². The summed E-state index contributed by atoms with van der Waals surface area (Å²) >= 11 is 0. The highest BCUT2D eigenvalue weighted by atomic mass is 16.5. The average molecular weight is 342 g/mol. The van der Waals surface area contributed by atoms with Gasteiger partial charge in [0.25, 0.3) is 0 Å². The van der Waals surface area contributed by atoms with E-state index in [0.717, 1.165) is 42.9 Å². The van der Waals surface area contributed by atoms with Crippen LogP contribution in [0.1, 0.15) is 25.3 Å². The highest BCUT2D eigenvalue weighted by molar-refractivity contribution is 5.81. The van der Waals surface area contributed by atoms with Gasteiger partial charge in [-0.25, -0.2) is 0 Å². The minimum Gasteiger partial charge on any atom is -0.632 e. The lowest BCUT2D eigenvalue weighted by molar-refractivity contribution is -0.890. The molecule has 7 nitrogen and oxygen atoms in total. The molecule has 1 fully saturated rings. The van der Waals surface area contributed by atoms with Crippen LogP contribution in [0.5, 0.6) is 0 Å². The van der Waals surface area contributed by atoms with E-state index in [4.69, 9.17) is 0 Å². The molecule has 3 aliphatic rings. The van der Waals surface area contributed by atoms with Crippen LogP contribution in [0.3, 0.4) is 0 Å². The molecular formula is C18H26N6O. The van der Waals surface area contributed by atoms with Gasteiger partial charge in [-0.2, -0.15) is 0 Å². The van der Waals surface area contributed by atoms with Crippen LogP contribution in [-0.4, -0.2) is 59.3 Å². The highest BCUT2D eigenvalue weighted by Gasteiger charge is 2.39.